The summed E-state index contributed by atoms with van der Waals surface area (Å²) in [7, 11) is 0. The minimum absolute atomic E-state index is 0.00308. The van der Waals surface area contributed by atoms with E-state index < -0.39 is 0 Å². The fourth-order valence-electron chi connectivity index (χ4n) is 2.71. The van der Waals surface area contributed by atoms with Crippen LogP contribution in [0.15, 0.2) is 34.9 Å². The topological polar surface area (TPSA) is 47.4 Å². The van der Waals surface area contributed by atoms with Crippen molar-refractivity contribution >= 4 is 33.4 Å². The first kappa shape index (κ1) is 17.3. The average Bonchev–Trinajstić information content (AvgIpc) is 2.87. The molecule has 3 rings (SSSR count). The number of hydrogen-bond acceptors (Lipinski definition) is 3. The zero-order valence-corrected chi connectivity index (χ0v) is 15.6. The van der Waals surface area contributed by atoms with Crippen LogP contribution >= 0.6 is 27.5 Å². The zero-order chi connectivity index (χ0) is 16.9. The third-order valence-corrected chi connectivity index (χ3v) is 4.85. The van der Waals surface area contributed by atoms with Crippen molar-refractivity contribution in [3.63, 3.8) is 0 Å². The largest absolute Gasteiger partial charge is 0.470 e. The standard InChI is InChI=1S/C17H19BrClN3O2/c18-14-11-13(19)5-6-16(14)24-12-22-10-7-15(20-22)17(23)21-8-3-1-2-4-9-21/h5-7,10-11H,1-4,8-9,12H2. The van der Waals surface area contributed by atoms with Crippen molar-refractivity contribution in [3.05, 3.63) is 45.7 Å². The molecule has 0 bridgehead atoms. The monoisotopic (exact) mass is 411 g/mol. The highest BCUT2D eigenvalue weighted by Crippen LogP contribution is 2.28. The smallest absolute Gasteiger partial charge is 0.274 e. The van der Waals surface area contributed by atoms with Gasteiger partial charge in [-0.3, -0.25) is 4.79 Å². The van der Waals surface area contributed by atoms with Crippen molar-refractivity contribution in [2.75, 3.05) is 13.1 Å². The van der Waals surface area contributed by atoms with E-state index in [0.717, 1.165) is 30.4 Å². The van der Waals surface area contributed by atoms with Crippen LogP contribution in [-0.4, -0.2) is 33.7 Å². The molecule has 1 aromatic carbocycles. The molecule has 1 amide bonds. The van der Waals surface area contributed by atoms with Crippen LogP contribution in [-0.2, 0) is 6.73 Å². The van der Waals surface area contributed by atoms with E-state index in [4.69, 9.17) is 16.3 Å². The highest BCUT2D eigenvalue weighted by Gasteiger charge is 2.19. The summed E-state index contributed by atoms with van der Waals surface area (Å²) in [6.45, 7) is 1.87. The number of amides is 1. The molecule has 2 heterocycles. The lowest BCUT2D eigenvalue weighted by Crippen LogP contribution is -2.32. The van der Waals surface area contributed by atoms with Crippen LogP contribution in [0.5, 0.6) is 5.75 Å². The second-order valence-electron chi connectivity index (χ2n) is 5.80. The first-order valence-electron chi connectivity index (χ1n) is 8.04. The average molecular weight is 413 g/mol. The van der Waals surface area contributed by atoms with Crippen molar-refractivity contribution in [2.24, 2.45) is 0 Å². The van der Waals surface area contributed by atoms with Crippen LogP contribution in [0.25, 0.3) is 0 Å². The molecule has 7 heteroatoms. The number of halogens is 2. The van der Waals surface area contributed by atoms with Gasteiger partial charge in [-0.25, -0.2) is 4.68 Å². The maximum Gasteiger partial charge on any atom is 0.274 e. The van der Waals surface area contributed by atoms with Crippen LogP contribution in [0.3, 0.4) is 0 Å². The fraction of sp³-hybridized carbons (Fsp3) is 0.412. The van der Waals surface area contributed by atoms with Crippen LogP contribution < -0.4 is 4.74 Å². The van der Waals surface area contributed by atoms with Gasteiger partial charge in [0.2, 0.25) is 0 Å². The molecule has 0 saturated carbocycles. The zero-order valence-electron chi connectivity index (χ0n) is 13.3. The Hall–Kier alpha value is -1.53. The first-order valence-corrected chi connectivity index (χ1v) is 9.21. The van der Waals surface area contributed by atoms with Gasteiger partial charge in [0.25, 0.3) is 5.91 Å². The molecule has 5 nitrogen and oxygen atoms in total. The second-order valence-corrected chi connectivity index (χ2v) is 7.09. The van der Waals surface area contributed by atoms with Crippen molar-refractivity contribution in [3.8, 4) is 5.75 Å². The van der Waals surface area contributed by atoms with E-state index in [9.17, 15) is 4.79 Å². The minimum Gasteiger partial charge on any atom is -0.470 e. The van der Waals surface area contributed by atoms with Gasteiger partial charge in [-0.2, -0.15) is 5.10 Å². The molecular weight excluding hydrogens is 394 g/mol. The third-order valence-electron chi connectivity index (χ3n) is 4.00. The Morgan fingerprint density at radius 1 is 1.21 bits per heavy atom. The van der Waals surface area contributed by atoms with E-state index in [-0.39, 0.29) is 12.6 Å². The van der Waals surface area contributed by atoms with E-state index in [1.165, 1.54) is 12.8 Å². The van der Waals surface area contributed by atoms with Gasteiger partial charge in [-0.1, -0.05) is 24.4 Å². The number of aromatic nitrogens is 2. The number of rotatable bonds is 4. The van der Waals surface area contributed by atoms with Crippen LogP contribution in [0.4, 0.5) is 0 Å². The maximum atomic E-state index is 12.5. The molecule has 0 spiro atoms. The van der Waals surface area contributed by atoms with Gasteiger partial charge in [0, 0.05) is 24.3 Å². The number of hydrogen-bond donors (Lipinski definition) is 0. The molecule has 0 aliphatic carbocycles. The summed E-state index contributed by atoms with van der Waals surface area (Å²) in [6.07, 6.45) is 6.29. The summed E-state index contributed by atoms with van der Waals surface area (Å²) in [4.78, 5) is 14.4. The van der Waals surface area contributed by atoms with Gasteiger partial charge in [0.05, 0.1) is 4.47 Å². The van der Waals surface area contributed by atoms with Crippen LogP contribution in [0, 0.1) is 0 Å². The fourth-order valence-corrected chi connectivity index (χ4v) is 3.51. The van der Waals surface area contributed by atoms with Gasteiger partial charge in [-0.05, 0) is 53.0 Å². The Kier molecular flexibility index (Phi) is 5.79. The van der Waals surface area contributed by atoms with Gasteiger partial charge >= 0.3 is 0 Å². The minimum atomic E-state index is 0.00308. The molecule has 1 aromatic heterocycles. The molecule has 2 aromatic rings. The Labute approximate surface area is 154 Å². The first-order chi connectivity index (χ1) is 11.6. The van der Waals surface area contributed by atoms with E-state index >= 15 is 0 Å². The Balaban J connectivity index is 1.61. The highest BCUT2D eigenvalue weighted by atomic mass is 79.9. The summed E-state index contributed by atoms with van der Waals surface area (Å²) >= 11 is 9.32. The molecule has 1 fully saturated rings. The summed E-state index contributed by atoms with van der Waals surface area (Å²) in [5.41, 5.74) is 0.468. The predicted octanol–water partition coefficient (Wildman–Crippen LogP) is 4.35. The molecule has 0 N–H and O–H groups in total. The maximum absolute atomic E-state index is 12.5. The number of likely N-dealkylation sites (tertiary alicyclic amines) is 1. The van der Waals surface area contributed by atoms with E-state index in [0.29, 0.717) is 16.5 Å². The van der Waals surface area contributed by atoms with Gasteiger partial charge in [0.1, 0.15) is 5.75 Å². The molecule has 1 saturated heterocycles. The summed E-state index contributed by atoms with van der Waals surface area (Å²) in [5, 5.41) is 4.97. The molecule has 0 unspecified atom stereocenters. The molecule has 0 atom stereocenters. The highest BCUT2D eigenvalue weighted by molar-refractivity contribution is 9.10. The second kappa shape index (κ2) is 8.03. The lowest BCUT2D eigenvalue weighted by atomic mass is 10.2. The lowest BCUT2D eigenvalue weighted by molar-refractivity contribution is 0.0753. The lowest BCUT2D eigenvalue weighted by Gasteiger charge is -2.18. The number of carbonyl (C=O) groups is 1. The number of benzene rings is 1. The number of carbonyl (C=O) groups excluding carboxylic acids is 1. The predicted molar refractivity (Wildman–Crippen MR) is 96.4 cm³/mol. The van der Waals surface area contributed by atoms with Gasteiger partial charge in [0.15, 0.2) is 12.4 Å². The summed E-state index contributed by atoms with van der Waals surface area (Å²) < 4.78 is 8.10. The SMILES string of the molecule is O=C(c1ccn(COc2ccc(Cl)cc2Br)n1)N1CCCCCC1. The molecular formula is C17H19BrClN3O2. The van der Waals surface area contributed by atoms with Gasteiger partial charge < -0.3 is 9.64 Å². The normalized spacial score (nSPS) is 15.2. The van der Waals surface area contributed by atoms with Crippen molar-refractivity contribution < 1.29 is 9.53 Å². The van der Waals surface area contributed by atoms with E-state index in [1.807, 2.05) is 4.90 Å². The van der Waals surface area contributed by atoms with Crippen molar-refractivity contribution in [2.45, 2.75) is 32.4 Å². The molecule has 1 aliphatic rings. The van der Waals surface area contributed by atoms with Crippen LogP contribution in [0.1, 0.15) is 36.2 Å². The summed E-state index contributed by atoms with van der Waals surface area (Å²) in [6, 6.07) is 7.07. The van der Waals surface area contributed by atoms with E-state index in [2.05, 4.69) is 21.0 Å². The quantitative estimate of drug-likeness (QED) is 0.750. The Bertz CT molecular complexity index is 712. The van der Waals surface area contributed by atoms with Crippen molar-refractivity contribution in [1.29, 1.82) is 0 Å². The van der Waals surface area contributed by atoms with E-state index in [1.54, 1.807) is 35.1 Å². The third kappa shape index (κ3) is 4.30. The molecule has 0 radical (unpaired) electrons. The number of ether oxygens (including phenoxy) is 1. The molecule has 1 aliphatic heterocycles. The van der Waals surface area contributed by atoms with Crippen molar-refractivity contribution in [1.82, 2.24) is 14.7 Å². The summed E-state index contributed by atoms with van der Waals surface area (Å²) in [5.74, 6) is 0.679. The molecule has 24 heavy (non-hydrogen) atoms. The number of nitrogens with zero attached hydrogens (tertiary/aromatic N) is 3. The Morgan fingerprint density at radius 3 is 2.67 bits per heavy atom. The van der Waals surface area contributed by atoms with Crippen LogP contribution in [0.2, 0.25) is 5.02 Å². The Morgan fingerprint density at radius 2 is 1.96 bits per heavy atom. The molecule has 128 valence electrons. The van der Waals surface area contributed by atoms with Gasteiger partial charge in [-0.15, -0.1) is 0 Å².